The molecule has 1 fully saturated rings. The first-order valence-electron chi connectivity index (χ1n) is 8.90. The average Bonchev–Trinajstić information content (AvgIpc) is 3.31. The van der Waals surface area contributed by atoms with Crippen LogP contribution in [0.4, 0.5) is 0 Å². The van der Waals surface area contributed by atoms with Crippen LogP contribution in [0, 0.1) is 6.92 Å². The lowest BCUT2D eigenvalue weighted by Gasteiger charge is -2.32. The van der Waals surface area contributed by atoms with Crippen LogP contribution in [0.1, 0.15) is 15.9 Å². The normalized spacial score (nSPS) is 15.4. The molecule has 1 aliphatic rings. The maximum Gasteiger partial charge on any atom is 0.259 e. The monoisotopic (exact) mass is 349 g/mol. The van der Waals surface area contributed by atoms with Gasteiger partial charge in [-0.05, 0) is 43.8 Å². The van der Waals surface area contributed by atoms with E-state index >= 15 is 0 Å². The summed E-state index contributed by atoms with van der Waals surface area (Å²) in [5, 5.41) is 4.55. The second-order valence-electron chi connectivity index (χ2n) is 6.82. The molecular formula is C20H23N5O. The van der Waals surface area contributed by atoms with Crippen LogP contribution >= 0.6 is 0 Å². The zero-order chi connectivity index (χ0) is 18.1. The van der Waals surface area contributed by atoms with Crippen LogP contribution in [0.3, 0.4) is 0 Å². The van der Waals surface area contributed by atoms with Crippen molar-refractivity contribution in [1.82, 2.24) is 24.1 Å². The maximum absolute atomic E-state index is 13.2. The number of hydrogen-bond acceptors (Lipinski definition) is 3. The number of hydrogen-bond donors (Lipinski definition) is 0. The van der Waals surface area contributed by atoms with E-state index in [2.05, 4.69) is 36.1 Å². The van der Waals surface area contributed by atoms with E-state index in [1.54, 1.807) is 6.20 Å². The summed E-state index contributed by atoms with van der Waals surface area (Å²) in [6.45, 7) is 5.35. The van der Waals surface area contributed by atoms with Crippen LogP contribution in [0.15, 0.2) is 55.0 Å². The molecule has 4 rings (SSSR count). The Morgan fingerprint density at radius 2 is 1.77 bits per heavy atom. The fourth-order valence-corrected chi connectivity index (χ4v) is 3.35. The van der Waals surface area contributed by atoms with Gasteiger partial charge in [-0.15, -0.1) is 0 Å². The van der Waals surface area contributed by atoms with Crippen LogP contribution in [0.25, 0.3) is 11.5 Å². The van der Waals surface area contributed by atoms with Crippen molar-refractivity contribution in [3.63, 3.8) is 0 Å². The Kier molecular flexibility index (Phi) is 4.34. The van der Waals surface area contributed by atoms with E-state index in [1.165, 1.54) is 0 Å². The van der Waals surface area contributed by atoms with E-state index in [1.807, 2.05) is 50.8 Å². The fraction of sp³-hybridized carbons (Fsp3) is 0.300. The highest BCUT2D eigenvalue weighted by molar-refractivity contribution is 5.97. The largest absolute Gasteiger partial charge is 0.336 e. The summed E-state index contributed by atoms with van der Waals surface area (Å²) in [6.07, 6.45) is 5.59. The summed E-state index contributed by atoms with van der Waals surface area (Å²) in [5.41, 5.74) is 2.74. The van der Waals surface area contributed by atoms with Crippen molar-refractivity contribution < 1.29 is 4.79 Å². The first-order chi connectivity index (χ1) is 12.6. The summed E-state index contributed by atoms with van der Waals surface area (Å²) >= 11 is 0. The van der Waals surface area contributed by atoms with Crippen molar-refractivity contribution >= 4 is 5.91 Å². The molecule has 26 heavy (non-hydrogen) atoms. The number of rotatable bonds is 3. The predicted molar refractivity (Wildman–Crippen MR) is 101 cm³/mol. The zero-order valence-electron chi connectivity index (χ0n) is 15.2. The Morgan fingerprint density at radius 3 is 2.46 bits per heavy atom. The Hall–Kier alpha value is -2.86. The molecule has 134 valence electrons. The summed E-state index contributed by atoms with van der Waals surface area (Å²) < 4.78 is 3.80. The lowest BCUT2D eigenvalue weighted by molar-refractivity contribution is 0.0664. The molecule has 0 aliphatic carbocycles. The van der Waals surface area contributed by atoms with Crippen LogP contribution in [0.2, 0.25) is 0 Å². The number of nitrogens with zero attached hydrogens (tertiary/aromatic N) is 5. The lowest BCUT2D eigenvalue weighted by Crippen LogP contribution is -2.47. The van der Waals surface area contributed by atoms with Gasteiger partial charge < -0.3 is 14.4 Å². The second kappa shape index (κ2) is 6.80. The topological polar surface area (TPSA) is 46.3 Å². The van der Waals surface area contributed by atoms with Crippen LogP contribution < -0.4 is 0 Å². The summed E-state index contributed by atoms with van der Waals surface area (Å²) in [7, 11) is 2.09. The molecule has 1 aliphatic heterocycles. The smallest absolute Gasteiger partial charge is 0.259 e. The van der Waals surface area contributed by atoms with E-state index in [0.29, 0.717) is 5.56 Å². The van der Waals surface area contributed by atoms with Crippen molar-refractivity contribution in [2.45, 2.75) is 6.92 Å². The predicted octanol–water partition coefficient (Wildman–Crippen LogP) is 2.36. The number of aryl methyl sites for hydroxylation is 1. The van der Waals surface area contributed by atoms with Gasteiger partial charge >= 0.3 is 0 Å². The average molecular weight is 349 g/mol. The molecular weight excluding hydrogens is 326 g/mol. The molecule has 6 heteroatoms. The molecule has 1 saturated heterocycles. The molecule has 0 spiro atoms. The number of likely N-dealkylation sites (N-methyl/N-ethyl adjacent to an activating group) is 1. The summed E-state index contributed by atoms with van der Waals surface area (Å²) in [4.78, 5) is 17.3. The minimum absolute atomic E-state index is 0.0423. The van der Waals surface area contributed by atoms with Gasteiger partial charge in [-0.25, -0.2) is 4.68 Å². The van der Waals surface area contributed by atoms with Crippen molar-refractivity contribution in [3.8, 4) is 11.5 Å². The van der Waals surface area contributed by atoms with E-state index in [0.717, 1.165) is 43.2 Å². The molecule has 3 aromatic rings. The third-order valence-corrected chi connectivity index (χ3v) is 4.86. The van der Waals surface area contributed by atoms with Crippen molar-refractivity contribution in [3.05, 3.63) is 66.1 Å². The van der Waals surface area contributed by atoms with Gasteiger partial charge in [0.25, 0.3) is 5.91 Å². The third-order valence-electron chi connectivity index (χ3n) is 4.86. The molecule has 3 heterocycles. The van der Waals surface area contributed by atoms with Crippen molar-refractivity contribution in [2.24, 2.45) is 0 Å². The van der Waals surface area contributed by atoms with E-state index in [4.69, 9.17) is 0 Å². The van der Waals surface area contributed by atoms with Gasteiger partial charge in [0.05, 0.1) is 11.9 Å². The number of benzene rings is 1. The first-order valence-corrected chi connectivity index (χ1v) is 8.90. The van der Waals surface area contributed by atoms with E-state index in [-0.39, 0.29) is 5.91 Å². The molecule has 0 bridgehead atoms. The molecule has 6 nitrogen and oxygen atoms in total. The van der Waals surface area contributed by atoms with E-state index < -0.39 is 0 Å². The molecule has 2 aromatic heterocycles. The fourth-order valence-electron chi connectivity index (χ4n) is 3.35. The zero-order valence-corrected chi connectivity index (χ0v) is 15.2. The highest BCUT2D eigenvalue weighted by atomic mass is 16.2. The Bertz CT molecular complexity index is 904. The quantitative estimate of drug-likeness (QED) is 0.729. The standard InChI is InChI=1S/C20H23N5O/c1-16-6-5-7-17(14-16)25-19(23-8-3-4-9-23)18(15-21-25)20(26)24-12-10-22(2)11-13-24/h3-9,14-15H,10-13H2,1-2H3. The molecule has 1 amide bonds. The number of carbonyl (C=O) groups excluding carboxylic acids is 1. The second-order valence-corrected chi connectivity index (χ2v) is 6.82. The SMILES string of the molecule is Cc1cccc(-n2ncc(C(=O)N3CCN(C)CC3)c2-n2cccc2)c1. The molecule has 0 saturated carbocycles. The minimum Gasteiger partial charge on any atom is -0.336 e. The summed E-state index contributed by atoms with van der Waals surface area (Å²) in [6, 6.07) is 12.1. The number of aromatic nitrogens is 3. The van der Waals surface area contributed by atoms with Crippen LogP contribution in [0.5, 0.6) is 0 Å². The Morgan fingerprint density at radius 1 is 1.04 bits per heavy atom. The van der Waals surface area contributed by atoms with E-state index in [9.17, 15) is 4.79 Å². The Balaban J connectivity index is 1.77. The highest BCUT2D eigenvalue weighted by Gasteiger charge is 2.26. The first kappa shape index (κ1) is 16.6. The minimum atomic E-state index is 0.0423. The third kappa shape index (κ3) is 3.04. The molecule has 0 radical (unpaired) electrons. The molecule has 0 N–H and O–H groups in total. The number of carbonyl (C=O) groups is 1. The van der Waals surface area contributed by atoms with Gasteiger partial charge in [-0.1, -0.05) is 12.1 Å². The highest BCUT2D eigenvalue weighted by Crippen LogP contribution is 2.22. The molecule has 0 unspecified atom stereocenters. The van der Waals surface area contributed by atoms with Gasteiger partial charge in [0, 0.05) is 38.6 Å². The Labute approximate surface area is 153 Å². The van der Waals surface area contributed by atoms with Crippen LogP contribution in [-0.2, 0) is 0 Å². The van der Waals surface area contributed by atoms with Gasteiger partial charge in [0.2, 0.25) is 0 Å². The number of amides is 1. The van der Waals surface area contributed by atoms with Gasteiger partial charge in [0.15, 0.2) is 5.82 Å². The van der Waals surface area contributed by atoms with Crippen LogP contribution in [-0.4, -0.2) is 63.3 Å². The summed E-state index contributed by atoms with van der Waals surface area (Å²) in [5.74, 6) is 0.824. The number of piperazine rings is 1. The van der Waals surface area contributed by atoms with Gasteiger partial charge in [-0.3, -0.25) is 4.79 Å². The van der Waals surface area contributed by atoms with Crippen molar-refractivity contribution in [1.29, 1.82) is 0 Å². The maximum atomic E-state index is 13.2. The lowest BCUT2D eigenvalue weighted by atomic mass is 10.2. The van der Waals surface area contributed by atoms with Gasteiger partial charge in [0.1, 0.15) is 5.56 Å². The van der Waals surface area contributed by atoms with Crippen molar-refractivity contribution in [2.75, 3.05) is 33.2 Å². The van der Waals surface area contributed by atoms with Gasteiger partial charge in [-0.2, -0.15) is 5.10 Å². The molecule has 1 aromatic carbocycles. The molecule has 0 atom stereocenters.